The average molecular weight is 321 g/mol. The van der Waals surface area contributed by atoms with Gasteiger partial charge in [0.15, 0.2) is 5.78 Å². The number of ketones is 1. The third-order valence-electron chi connectivity index (χ3n) is 3.26. The lowest BCUT2D eigenvalue weighted by Crippen LogP contribution is -2.14. The van der Waals surface area contributed by atoms with Crippen LogP contribution >= 0.6 is 0 Å². The van der Waals surface area contributed by atoms with Crippen molar-refractivity contribution in [1.29, 1.82) is 0 Å². The second-order valence-electron chi connectivity index (χ2n) is 5.19. The summed E-state index contributed by atoms with van der Waals surface area (Å²) in [5, 5.41) is 2.92. The number of aryl methyl sites for hydroxylation is 1. The second kappa shape index (κ2) is 8.48. The summed E-state index contributed by atoms with van der Waals surface area (Å²) in [6.07, 6.45) is 4.33. The van der Waals surface area contributed by atoms with Gasteiger partial charge in [-0.2, -0.15) is 0 Å². The molecule has 0 aromatic heterocycles. The lowest BCUT2D eigenvalue weighted by atomic mass is 10.2. The maximum Gasteiger partial charge on any atom is 0.354 e. The molecular weight excluding hydrogens is 302 g/mol. The Kier molecular flexibility index (Phi) is 6.08. The quantitative estimate of drug-likeness (QED) is 0.650. The molecule has 0 saturated carbocycles. The first-order chi connectivity index (χ1) is 11.6. The molecule has 0 unspecified atom stereocenters. The molecule has 0 saturated heterocycles. The molecule has 0 amide bonds. The molecule has 0 atom stereocenters. The highest BCUT2D eigenvalue weighted by molar-refractivity contribution is 6.07. The molecule has 24 heavy (non-hydrogen) atoms. The largest absolute Gasteiger partial charge is 0.464 e. The van der Waals surface area contributed by atoms with Crippen LogP contribution in [0, 0.1) is 6.92 Å². The molecule has 122 valence electrons. The highest BCUT2D eigenvalue weighted by Crippen LogP contribution is 2.12. The van der Waals surface area contributed by atoms with E-state index in [4.69, 9.17) is 4.74 Å². The van der Waals surface area contributed by atoms with Crippen molar-refractivity contribution in [2.45, 2.75) is 6.92 Å². The Labute approximate surface area is 141 Å². The third kappa shape index (κ3) is 5.25. The zero-order valence-electron chi connectivity index (χ0n) is 13.7. The zero-order valence-corrected chi connectivity index (χ0v) is 13.7. The molecule has 0 aliphatic heterocycles. The average Bonchev–Trinajstić information content (AvgIpc) is 2.61. The minimum absolute atomic E-state index is 0.0871. The number of anilines is 1. The van der Waals surface area contributed by atoms with Crippen LogP contribution in [0.15, 0.2) is 72.4 Å². The Morgan fingerprint density at radius 1 is 1.00 bits per heavy atom. The van der Waals surface area contributed by atoms with E-state index in [0.717, 1.165) is 11.1 Å². The number of rotatable bonds is 6. The first-order valence-corrected chi connectivity index (χ1v) is 7.49. The fourth-order valence-corrected chi connectivity index (χ4v) is 1.98. The Balaban J connectivity index is 2.15. The number of hydrogen-bond donors (Lipinski definition) is 1. The molecule has 2 aromatic carbocycles. The van der Waals surface area contributed by atoms with Gasteiger partial charge in [-0.15, -0.1) is 0 Å². The normalized spacial score (nSPS) is 11.3. The number of carbonyl (C=O) groups is 2. The maximum atomic E-state index is 12.1. The summed E-state index contributed by atoms with van der Waals surface area (Å²) in [7, 11) is 1.28. The molecule has 2 aromatic rings. The molecule has 0 aliphatic carbocycles. The number of hydrogen-bond acceptors (Lipinski definition) is 4. The molecule has 0 bridgehead atoms. The van der Waals surface area contributed by atoms with Crippen molar-refractivity contribution >= 4 is 23.5 Å². The van der Waals surface area contributed by atoms with Gasteiger partial charge in [-0.3, -0.25) is 4.79 Å². The van der Waals surface area contributed by atoms with Crippen LogP contribution in [0.4, 0.5) is 5.69 Å². The van der Waals surface area contributed by atoms with Gasteiger partial charge in [0.2, 0.25) is 0 Å². The Morgan fingerprint density at radius 3 is 2.29 bits per heavy atom. The van der Waals surface area contributed by atoms with E-state index in [1.807, 2.05) is 61.5 Å². The van der Waals surface area contributed by atoms with Crippen LogP contribution in [0.3, 0.4) is 0 Å². The van der Waals surface area contributed by atoms with E-state index in [1.165, 1.54) is 19.3 Å². The molecule has 0 aliphatic rings. The van der Waals surface area contributed by atoms with Gasteiger partial charge in [0, 0.05) is 11.8 Å². The molecule has 4 heteroatoms. The van der Waals surface area contributed by atoms with E-state index in [2.05, 4.69) is 5.32 Å². The van der Waals surface area contributed by atoms with Crippen LogP contribution in [0.25, 0.3) is 6.08 Å². The predicted octanol–water partition coefficient (Wildman–Crippen LogP) is 3.75. The number of ether oxygens (including phenoxy) is 1. The Bertz CT molecular complexity index is 759. The van der Waals surface area contributed by atoms with Gasteiger partial charge in [-0.1, -0.05) is 54.1 Å². The number of esters is 1. The van der Waals surface area contributed by atoms with Crippen molar-refractivity contribution in [2.24, 2.45) is 0 Å². The maximum absolute atomic E-state index is 12.1. The monoisotopic (exact) mass is 321 g/mol. The highest BCUT2D eigenvalue weighted by Gasteiger charge is 2.11. The molecule has 0 heterocycles. The summed E-state index contributed by atoms with van der Waals surface area (Å²) in [4.78, 5) is 23.9. The lowest BCUT2D eigenvalue weighted by Gasteiger charge is -2.09. The van der Waals surface area contributed by atoms with E-state index in [-0.39, 0.29) is 11.5 Å². The van der Waals surface area contributed by atoms with Crippen LogP contribution in [0.1, 0.15) is 11.1 Å². The topological polar surface area (TPSA) is 55.4 Å². The van der Waals surface area contributed by atoms with Gasteiger partial charge in [0.05, 0.1) is 7.11 Å². The van der Waals surface area contributed by atoms with E-state index in [0.29, 0.717) is 5.69 Å². The molecule has 1 N–H and O–H groups in total. The van der Waals surface area contributed by atoms with Crippen molar-refractivity contribution in [3.63, 3.8) is 0 Å². The summed E-state index contributed by atoms with van der Waals surface area (Å²) in [5.74, 6) is -0.907. The SMILES string of the molecule is COC(=O)/C(=C/C(=O)/C=C/c1ccccc1)Nc1ccc(C)cc1. The van der Waals surface area contributed by atoms with E-state index < -0.39 is 5.97 Å². The van der Waals surface area contributed by atoms with Gasteiger partial charge in [0.1, 0.15) is 5.70 Å². The molecule has 2 rings (SSSR count). The smallest absolute Gasteiger partial charge is 0.354 e. The molecule has 0 spiro atoms. The summed E-state index contributed by atoms with van der Waals surface area (Å²) in [5.41, 5.74) is 2.80. The number of allylic oxidation sites excluding steroid dienone is 2. The van der Waals surface area contributed by atoms with Crippen molar-refractivity contribution in [3.05, 3.63) is 83.6 Å². The molecule has 4 nitrogen and oxygen atoms in total. The van der Waals surface area contributed by atoms with Crippen LogP contribution in [0.2, 0.25) is 0 Å². The molecular formula is C20H19NO3. The predicted molar refractivity (Wildman–Crippen MR) is 95.4 cm³/mol. The first kappa shape index (κ1) is 17.2. The highest BCUT2D eigenvalue weighted by atomic mass is 16.5. The van der Waals surface area contributed by atoms with E-state index >= 15 is 0 Å². The zero-order chi connectivity index (χ0) is 17.4. The van der Waals surface area contributed by atoms with Crippen molar-refractivity contribution in [1.82, 2.24) is 0 Å². The van der Waals surface area contributed by atoms with Crippen molar-refractivity contribution in [3.8, 4) is 0 Å². The van der Waals surface area contributed by atoms with Crippen molar-refractivity contribution in [2.75, 3.05) is 12.4 Å². The number of benzene rings is 2. The van der Waals surface area contributed by atoms with Gasteiger partial charge >= 0.3 is 5.97 Å². The summed E-state index contributed by atoms with van der Waals surface area (Å²) >= 11 is 0. The van der Waals surface area contributed by atoms with Crippen LogP contribution in [-0.4, -0.2) is 18.9 Å². The lowest BCUT2D eigenvalue weighted by molar-refractivity contribution is -0.136. The summed E-state index contributed by atoms with van der Waals surface area (Å²) < 4.78 is 4.73. The number of carbonyl (C=O) groups excluding carboxylic acids is 2. The van der Waals surface area contributed by atoms with Gasteiger partial charge < -0.3 is 10.1 Å². The fraction of sp³-hybridized carbons (Fsp3) is 0.100. The van der Waals surface area contributed by atoms with E-state index in [1.54, 1.807) is 6.08 Å². The van der Waals surface area contributed by atoms with Crippen LogP contribution < -0.4 is 5.32 Å². The van der Waals surface area contributed by atoms with Gasteiger partial charge in [-0.05, 0) is 30.7 Å². The van der Waals surface area contributed by atoms with Crippen molar-refractivity contribution < 1.29 is 14.3 Å². The fourth-order valence-electron chi connectivity index (χ4n) is 1.98. The number of nitrogens with one attached hydrogen (secondary N) is 1. The molecule has 0 radical (unpaired) electrons. The number of methoxy groups -OCH3 is 1. The Hall–Kier alpha value is -3.14. The van der Waals surface area contributed by atoms with Gasteiger partial charge in [0.25, 0.3) is 0 Å². The third-order valence-corrected chi connectivity index (χ3v) is 3.26. The Morgan fingerprint density at radius 2 is 1.67 bits per heavy atom. The first-order valence-electron chi connectivity index (χ1n) is 7.49. The minimum Gasteiger partial charge on any atom is -0.464 e. The second-order valence-corrected chi connectivity index (χ2v) is 5.19. The summed E-state index contributed by atoms with van der Waals surface area (Å²) in [6.45, 7) is 1.97. The minimum atomic E-state index is -0.600. The van der Waals surface area contributed by atoms with Gasteiger partial charge in [-0.25, -0.2) is 4.79 Å². The van der Waals surface area contributed by atoms with E-state index in [9.17, 15) is 9.59 Å². The van der Waals surface area contributed by atoms with Crippen LogP contribution in [0.5, 0.6) is 0 Å². The standard InChI is InChI=1S/C20H19NO3/c1-15-8-11-17(12-9-15)21-19(20(23)24-2)14-18(22)13-10-16-6-4-3-5-7-16/h3-14,21H,1-2H3/b13-10+,19-14-. The van der Waals surface area contributed by atoms with Crippen LogP contribution in [-0.2, 0) is 14.3 Å². The summed E-state index contributed by atoms with van der Waals surface area (Å²) in [6, 6.07) is 16.9. The molecule has 0 fully saturated rings.